The molecule has 0 spiro atoms. The van der Waals surface area contributed by atoms with Crippen molar-refractivity contribution in [2.75, 3.05) is 5.75 Å². The predicted molar refractivity (Wildman–Crippen MR) is 142 cm³/mol. The van der Waals surface area contributed by atoms with Gasteiger partial charge in [-0.25, -0.2) is 8.42 Å². The molecule has 0 saturated carbocycles. The third kappa shape index (κ3) is 5.36. The van der Waals surface area contributed by atoms with E-state index in [0.29, 0.717) is 28.4 Å². The van der Waals surface area contributed by atoms with Crippen LogP contribution in [0.2, 0.25) is 0 Å². The second-order valence-electron chi connectivity index (χ2n) is 8.66. The molecule has 7 heteroatoms. The Hall–Kier alpha value is -3.84. The number of aryl methyl sites for hydroxylation is 3. The highest BCUT2D eigenvalue weighted by molar-refractivity contribution is 7.91. The smallest absolute Gasteiger partial charge is 0.254 e. The third-order valence-corrected chi connectivity index (χ3v) is 7.76. The molecule has 0 amide bonds. The molecule has 6 nitrogen and oxygen atoms in total. The number of aromatic nitrogens is 1. The van der Waals surface area contributed by atoms with Crippen molar-refractivity contribution in [3.05, 3.63) is 106 Å². The summed E-state index contributed by atoms with van der Waals surface area (Å²) in [5, 5.41) is 0. The van der Waals surface area contributed by atoms with E-state index in [1.54, 1.807) is 38.4 Å². The van der Waals surface area contributed by atoms with Gasteiger partial charge in [0.25, 0.3) is 5.56 Å². The van der Waals surface area contributed by atoms with Crippen LogP contribution in [0.1, 0.15) is 23.6 Å². The minimum absolute atomic E-state index is 0.0335. The van der Waals surface area contributed by atoms with Gasteiger partial charge in [-0.3, -0.25) is 4.79 Å². The zero-order valence-corrected chi connectivity index (χ0v) is 21.6. The van der Waals surface area contributed by atoms with Crippen molar-refractivity contribution in [1.29, 1.82) is 0 Å². The lowest BCUT2D eigenvalue weighted by Crippen LogP contribution is -2.16. The number of hydrogen-bond donors (Lipinski definition) is 0. The molecular formula is C29H29NO5S. The number of hydrogen-bond acceptors (Lipinski definition) is 5. The summed E-state index contributed by atoms with van der Waals surface area (Å²) in [5.74, 6) is 1.47. The average Bonchev–Trinajstić information content (AvgIpc) is 2.87. The van der Waals surface area contributed by atoms with Gasteiger partial charge in [-0.15, -0.1) is 0 Å². The van der Waals surface area contributed by atoms with Crippen LogP contribution in [0, 0.1) is 13.8 Å². The molecule has 36 heavy (non-hydrogen) atoms. The average molecular weight is 504 g/mol. The zero-order valence-electron chi connectivity index (χ0n) is 20.8. The van der Waals surface area contributed by atoms with E-state index < -0.39 is 9.84 Å². The maximum Gasteiger partial charge on any atom is 0.254 e. The van der Waals surface area contributed by atoms with Crippen molar-refractivity contribution in [3.63, 3.8) is 0 Å². The molecule has 4 rings (SSSR count). The number of rotatable bonds is 8. The van der Waals surface area contributed by atoms with Gasteiger partial charge in [0.05, 0.1) is 10.6 Å². The molecule has 0 aliphatic heterocycles. The van der Waals surface area contributed by atoms with Gasteiger partial charge in [-0.1, -0.05) is 55.5 Å². The van der Waals surface area contributed by atoms with E-state index in [4.69, 9.17) is 9.47 Å². The quantitative estimate of drug-likeness (QED) is 0.302. The van der Waals surface area contributed by atoms with Crippen LogP contribution in [0.25, 0.3) is 11.1 Å². The fourth-order valence-electron chi connectivity index (χ4n) is 3.91. The van der Waals surface area contributed by atoms with Crippen LogP contribution >= 0.6 is 0 Å². The number of para-hydroxylation sites is 1. The SMILES string of the molecule is CCS(=O)(=O)c1ccc(Oc2c(C)cccc2C)c(-c2cn(C)c(=O)cc2OCc2ccccc2)c1. The molecular weight excluding hydrogens is 474 g/mol. The zero-order chi connectivity index (χ0) is 25.9. The first kappa shape index (κ1) is 25.3. The van der Waals surface area contributed by atoms with Crippen LogP contribution in [0.4, 0.5) is 0 Å². The van der Waals surface area contributed by atoms with Gasteiger partial charge in [0.15, 0.2) is 9.84 Å². The first-order valence-electron chi connectivity index (χ1n) is 11.7. The maximum absolute atomic E-state index is 12.8. The van der Waals surface area contributed by atoms with Gasteiger partial charge in [0.1, 0.15) is 23.9 Å². The molecule has 1 heterocycles. The molecule has 1 aromatic heterocycles. The Morgan fingerprint density at radius 1 is 0.833 bits per heavy atom. The summed E-state index contributed by atoms with van der Waals surface area (Å²) in [5.41, 5.74) is 3.68. The van der Waals surface area contributed by atoms with Crippen LogP contribution < -0.4 is 15.0 Å². The fourth-order valence-corrected chi connectivity index (χ4v) is 4.81. The fraction of sp³-hybridized carbons (Fsp3) is 0.207. The molecule has 0 unspecified atom stereocenters. The Kier molecular flexibility index (Phi) is 7.31. The topological polar surface area (TPSA) is 74.6 Å². The molecule has 0 radical (unpaired) electrons. The van der Waals surface area contributed by atoms with Crippen LogP contribution in [0.5, 0.6) is 17.2 Å². The Bertz CT molecular complexity index is 1540. The summed E-state index contributed by atoms with van der Waals surface area (Å²) in [6.45, 7) is 5.77. The Morgan fingerprint density at radius 3 is 2.19 bits per heavy atom. The highest BCUT2D eigenvalue weighted by atomic mass is 32.2. The Labute approximate surface area is 211 Å². The van der Waals surface area contributed by atoms with Crippen molar-refractivity contribution >= 4 is 9.84 Å². The Balaban J connectivity index is 1.89. The first-order chi connectivity index (χ1) is 17.2. The lowest BCUT2D eigenvalue weighted by Gasteiger charge is -2.19. The Morgan fingerprint density at radius 2 is 1.53 bits per heavy atom. The summed E-state index contributed by atoms with van der Waals surface area (Å²) in [7, 11) is -1.84. The van der Waals surface area contributed by atoms with Crippen molar-refractivity contribution in [2.45, 2.75) is 32.3 Å². The summed E-state index contributed by atoms with van der Waals surface area (Å²) in [6, 6.07) is 21.7. The highest BCUT2D eigenvalue weighted by Crippen LogP contribution is 2.41. The van der Waals surface area contributed by atoms with E-state index in [0.717, 1.165) is 16.7 Å². The molecule has 0 atom stereocenters. The molecule has 0 saturated heterocycles. The van der Waals surface area contributed by atoms with Gasteiger partial charge in [-0.05, 0) is 48.7 Å². The molecule has 4 aromatic rings. The summed E-state index contributed by atoms with van der Waals surface area (Å²) >= 11 is 0. The predicted octanol–water partition coefficient (Wildman–Crippen LogP) is 5.83. The second kappa shape index (κ2) is 10.4. The van der Waals surface area contributed by atoms with Gasteiger partial charge in [0, 0.05) is 30.4 Å². The van der Waals surface area contributed by atoms with E-state index in [1.807, 2.05) is 62.4 Å². The summed E-state index contributed by atoms with van der Waals surface area (Å²) < 4.78 is 39.4. The molecule has 0 fully saturated rings. The largest absolute Gasteiger partial charge is 0.488 e. The van der Waals surface area contributed by atoms with Crippen LogP contribution in [0.15, 0.2) is 88.7 Å². The third-order valence-electron chi connectivity index (χ3n) is 6.03. The lowest BCUT2D eigenvalue weighted by molar-refractivity contribution is 0.306. The minimum Gasteiger partial charge on any atom is -0.488 e. The van der Waals surface area contributed by atoms with Crippen LogP contribution in [0.3, 0.4) is 0 Å². The number of ether oxygens (including phenoxy) is 2. The van der Waals surface area contributed by atoms with E-state index in [1.165, 1.54) is 10.6 Å². The highest BCUT2D eigenvalue weighted by Gasteiger charge is 2.20. The van der Waals surface area contributed by atoms with Gasteiger partial charge < -0.3 is 14.0 Å². The van der Waals surface area contributed by atoms with E-state index >= 15 is 0 Å². The van der Waals surface area contributed by atoms with Gasteiger partial charge >= 0.3 is 0 Å². The van der Waals surface area contributed by atoms with E-state index in [9.17, 15) is 13.2 Å². The lowest BCUT2D eigenvalue weighted by atomic mass is 10.0. The molecule has 0 aliphatic rings. The molecule has 0 bridgehead atoms. The molecule has 3 aromatic carbocycles. The number of benzene rings is 3. The van der Waals surface area contributed by atoms with Gasteiger partial charge in [0.2, 0.25) is 0 Å². The maximum atomic E-state index is 12.8. The van der Waals surface area contributed by atoms with Crippen LogP contribution in [-0.2, 0) is 23.5 Å². The van der Waals surface area contributed by atoms with E-state index in [-0.39, 0.29) is 22.8 Å². The summed E-state index contributed by atoms with van der Waals surface area (Å²) in [4.78, 5) is 12.7. The first-order valence-corrected chi connectivity index (χ1v) is 13.3. The van der Waals surface area contributed by atoms with Crippen molar-refractivity contribution < 1.29 is 17.9 Å². The van der Waals surface area contributed by atoms with Gasteiger partial charge in [-0.2, -0.15) is 0 Å². The molecule has 0 aliphatic carbocycles. The standard InChI is InChI=1S/C29H29NO5S/c1-5-36(32,33)23-14-15-26(35-29-20(2)10-9-11-21(29)3)24(16-23)25-18-30(4)28(31)17-27(25)34-19-22-12-7-6-8-13-22/h6-18H,5,19H2,1-4H3. The van der Waals surface area contributed by atoms with Crippen molar-refractivity contribution in [3.8, 4) is 28.4 Å². The molecule has 0 N–H and O–H groups in total. The number of pyridine rings is 1. The van der Waals surface area contributed by atoms with E-state index in [2.05, 4.69) is 0 Å². The minimum atomic E-state index is -3.49. The summed E-state index contributed by atoms with van der Waals surface area (Å²) in [6.07, 6.45) is 1.65. The monoisotopic (exact) mass is 503 g/mol. The number of sulfone groups is 1. The van der Waals surface area contributed by atoms with Crippen LogP contribution in [-0.4, -0.2) is 18.7 Å². The molecule has 186 valence electrons. The van der Waals surface area contributed by atoms with Crippen molar-refractivity contribution in [1.82, 2.24) is 4.57 Å². The second-order valence-corrected chi connectivity index (χ2v) is 10.9. The number of nitrogens with zero attached hydrogens (tertiary/aromatic N) is 1. The normalized spacial score (nSPS) is 11.3. The van der Waals surface area contributed by atoms with Crippen molar-refractivity contribution in [2.24, 2.45) is 7.05 Å².